The third kappa shape index (κ3) is 7.88. The fourth-order valence-electron chi connectivity index (χ4n) is 2.57. The summed E-state index contributed by atoms with van der Waals surface area (Å²) in [5.41, 5.74) is 1.27. The molecule has 1 aromatic rings. The van der Waals surface area contributed by atoms with Gasteiger partial charge in [0, 0.05) is 39.0 Å². The van der Waals surface area contributed by atoms with Crippen molar-refractivity contribution in [1.82, 2.24) is 10.6 Å². The van der Waals surface area contributed by atoms with E-state index in [1.165, 1.54) is 5.69 Å². The highest BCUT2D eigenvalue weighted by Crippen LogP contribution is 2.22. The van der Waals surface area contributed by atoms with E-state index in [0.29, 0.717) is 25.6 Å². The van der Waals surface area contributed by atoms with Gasteiger partial charge in [0.1, 0.15) is 0 Å². The summed E-state index contributed by atoms with van der Waals surface area (Å²) in [6, 6.07) is 10.4. The number of halogens is 2. The molecule has 23 heavy (non-hydrogen) atoms. The van der Waals surface area contributed by atoms with Crippen LogP contribution < -0.4 is 15.5 Å². The molecule has 0 radical (unpaired) electrons. The van der Waals surface area contributed by atoms with Crippen LogP contribution in [0.1, 0.15) is 6.42 Å². The molecule has 0 aliphatic carbocycles. The predicted molar refractivity (Wildman–Crippen MR) is 99.0 cm³/mol. The number of carbonyl (C=O) groups excluding carboxylic acids is 1. The van der Waals surface area contributed by atoms with Gasteiger partial charge in [0.05, 0.1) is 13.2 Å². The van der Waals surface area contributed by atoms with Crippen molar-refractivity contribution in [2.24, 2.45) is 5.92 Å². The average Bonchev–Trinajstić information content (AvgIpc) is 2.99. The van der Waals surface area contributed by atoms with E-state index in [-0.39, 0.29) is 30.7 Å². The van der Waals surface area contributed by atoms with Crippen molar-refractivity contribution in [2.45, 2.75) is 6.42 Å². The highest BCUT2D eigenvalue weighted by atomic mass is 35.5. The van der Waals surface area contributed by atoms with Gasteiger partial charge in [-0.2, -0.15) is 0 Å². The van der Waals surface area contributed by atoms with Crippen LogP contribution in [-0.2, 0) is 9.53 Å². The highest BCUT2D eigenvalue weighted by molar-refractivity contribution is 5.85. The van der Waals surface area contributed by atoms with Crippen molar-refractivity contribution in [3.05, 3.63) is 30.3 Å². The minimum Gasteiger partial charge on any atom is -0.383 e. The van der Waals surface area contributed by atoms with Crippen LogP contribution in [-0.4, -0.2) is 52.3 Å². The summed E-state index contributed by atoms with van der Waals surface area (Å²) in [5.74, 6) is 0.595. The number of para-hydroxylation sites is 1. The van der Waals surface area contributed by atoms with E-state index in [1.54, 1.807) is 7.11 Å². The lowest BCUT2D eigenvalue weighted by Crippen LogP contribution is -2.38. The maximum atomic E-state index is 11.7. The molecule has 2 N–H and O–H groups in total. The molecule has 1 saturated heterocycles. The van der Waals surface area contributed by atoms with Gasteiger partial charge in [0.25, 0.3) is 0 Å². The number of nitrogens with zero attached hydrogens (tertiary/aromatic N) is 1. The van der Waals surface area contributed by atoms with Crippen molar-refractivity contribution in [3.8, 4) is 0 Å². The number of amides is 1. The van der Waals surface area contributed by atoms with E-state index in [1.807, 2.05) is 6.07 Å². The second-order valence-corrected chi connectivity index (χ2v) is 5.41. The number of rotatable bonds is 8. The number of benzene rings is 1. The Hall–Kier alpha value is -1.01. The van der Waals surface area contributed by atoms with Gasteiger partial charge in [-0.15, -0.1) is 24.8 Å². The SMILES string of the molecule is COCCNCC(=O)NCC1CCN(c2ccccc2)C1.Cl.Cl. The first kappa shape index (κ1) is 22.0. The van der Waals surface area contributed by atoms with Crippen molar-refractivity contribution in [2.75, 3.05) is 51.3 Å². The zero-order chi connectivity index (χ0) is 14.9. The topological polar surface area (TPSA) is 53.6 Å². The second kappa shape index (κ2) is 12.4. The second-order valence-electron chi connectivity index (χ2n) is 5.41. The summed E-state index contributed by atoms with van der Waals surface area (Å²) >= 11 is 0. The molecule has 1 fully saturated rings. The van der Waals surface area contributed by atoms with Crippen LogP contribution in [0.4, 0.5) is 5.69 Å². The molecule has 0 aromatic heterocycles. The number of methoxy groups -OCH3 is 1. The molecule has 7 heteroatoms. The lowest BCUT2D eigenvalue weighted by molar-refractivity contribution is -0.120. The Kier molecular flexibility index (Phi) is 11.9. The Morgan fingerprint density at radius 2 is 2.04 bits per heavy atom. The average molecular weight is 364 g/mol. The van der Waals surface area contributed by atoms with Gasteiger partial charge in [0.15, 0.2) is 0 Å². The maximum absolute atomic E-state index is 11.7. The molecule has 2 rings (SSSR count). The fourth-order valence-corrected chi connectivity index (χ4v) is 2.57. The van der Waals surface area contributed by atoms with E-state index in [0.717, 1.165) is 26.1 Å². The van der Waals surface area contributed by atoms with E-state index in [2.05, 4.69) is 39.8 Å². The van der Waals surface area contributed by atoms with Crippen molar-refractivity contribution >= 4 is 36.4 Å². The molecule has 5 nitrogen and oxygen atoms in total. The standard InChI is InChI=1S/C16H25N3O2.2ClH/c1-21-10-8-17-12-16(20)18-11-14-7-9-19(13-14)15-5-3-2-4-6-15;;/h2-6,14,17H,7-13H2,1H3,(H,18,20);2*1H. The Bertz CT molecular complexity index is 435. The van der Waals surface area contributed by atoms with E-state index >= 15 is 0 Å². The lowest BCUT2D eigenvalue weighted by Gasteiger charge is -2.18. The van der Waals surface area contributed by atoms with Gasteiger partial charge in [-0.05, 0) is 24.5 Å². The van der Waals surface area contributed by atoms with Crippen LogP contribution in [0.5, 0.6) is 0 Å². The molecule has 1 aliphatic rings. The Morgan fingerprint density at radius 1 is 1.30 bits per heavy atom. The molecule has 0 bridgehead atoms. The van der Waals surface area contributed by atoms with Crippen LogP contribution in [0.25, 0.3) is 0 Å². The first-order valence-electron chi connectivity index (χ1n) is 7.56. The van der Waals surface area contributed by atoms with Crippen LogP contribution in [0.2, 0.25) is 0 Å². The zero-order valence-electron chi connectivity index (χ0n) is 13.5. The Balaban J connectivity index is 0.00000242. The monoisotopic (exact) mass is 363 g/mol. The molecule has 1 atom stereocenters. The summed E-state index contributed by atoms with van der Waals surface area (Å²) in [7, 11) is 1.65. The van der Waals surface area contributed by atoms with E-state index in [4.69, 9.17) is 4.74 Å². The molecule has 1 unspecified atom stereocenters. The van der Waals surface area contributed by atoms with Gasteiger partial charge in [-0.1, -0.05) is 18.2 Å². The van der Waals surface area contributed by atoms with Crippen molar-refractivity contribution in [3.63, 3.8) is 0 Å². The predicted octanol–water partition coefficient (Wildman–Crippen LogP) is 1.71. The number of hydrogen-bond acceptors (Lipinski definition) is 4. The molecule has 0 saturated carbocycles. The summed E-state index contributed by atoms with van der Waals surface area (Å²) in [5, 5.41) is 6.05. The Labute approximate surface area is 151 Å². The number of ether oxygens (including phenoxy) is 1. The fraction of sp³-hybridized carbons (Fsp3) is 0.562. The maximum Gasteiger partial charge on any atom is 0.233 e. The molecular weight excluding hydrogens is 337 g/mol. The molecule has 1 aromatic carbocycles. The Morgan fingerprint density at radius 3 is 2.74 bits per heavy atom. The van der Waals surface area contributed by atoms with Crippen molar-refractivity contribution in [1.29, 1.82) is 0 Å². The highest BCUT2D eigenvalue weighted by Gasteiger charge is 2.22. The molecular formula is C16H27Cl2N3O2. The number of anilines is 1. The van der Waals surface area contributed by atoms with Crippen LogP contribution in [0, 0.1) is 5.92 Å². The quantitative estimate of drug-likeness (QED) is 0.690. The first-order valence-corrected chi connectivity index (χ1v) is 7.56. The van der Waals surface area contributed by atoms with Crippen LogP contribution in [0.15, 0.2) is 30.3 Å². The third-order valence-electron chi connectivity index (χ3n) is 3.76. The number of nitrogens with one attached hydrogen (secondary N) is 2. The molecule has 1 amide bonds. The van der Waals surface area contributed by atoms with E-state index < -0.39 is 0 Å². The van der Waals surface area contributed by atoms with Crippen molar-refractivity contribution < 1.29 is 9.53 Å². The number of carbonyl (C=O) groups is 1. The first-order chi connectivity index (χ1) is 10.3. The van der Waals surface area contributed by atoms with Gasteiger partial charge >= 0.3 is 0 Å². The molecule has 1 heterocycles. The summed E-state index contributed by atoms with van der Waals surface area (Å²) < 4.78 is 4.92. The largest absolute Gasteiger partial charge is 0.383 e. The smallest absolute Gasteiger partial charge is 0.233 e. The third-order valence-corrected chi connectivity index (χ3v) is 3.76. The van der Waals surface area contributed by atoms with Gasteiger partial charge in [-0.3, -0.25) is 4.79 Å². The summed E-state index contributed by atoms with van der Waals surface area (Å²) in [4.78, 5) is 14.1. The summed E-state index contributed by atoms with van der Waals surface area (Å²) in [6.45, 7) is 4.53. The van der Waals surface area contributed by atoms with Crippen LogP contribution >= 0.6 is 24.8 Å². The zero-order valence-corrected chi connectivity index (χ0v) is 15.1. The molecule has 132 valence electrons. The molecule has 0 spiro atoms. The van der Waals surface area contributed by atoms with Gasteiger partial charge in [-0.25, -0.2) is 0 Å². The number of hydrogen-bond donors (Lipinski definition) is 2. The summed E-state index contributed by atoms with van der Waals surface area (Å²) in [6.07, 6.45) is 1.13. The minimum absolute atomic E-state index is 0. The van der Waals surface area contributed by atoms with E-state index in [9.17, 15) is 4.79 Å². The normalized spacial score (nSPS) is 16.4. The van der Waals surface area contributed by atoms with Gasteiger partial charge in [0.2, 0.25) is 5.91 Å². The van der Waals surface area contributed by atoms with Gasteiger partial charge < -0.3 is 20.3 Å². The molecule has 1 aliphatic heterocycles. The van der Waals surface area contributed by atoms with Crippen LogP contribution in [0.3, 0.4) is 0 Å². The minimum atomic E-state index is 0. The lowest BCUT2D eigenvalue weighted by atomic mass is 10.1.